The number of carbonyl (C=O) groups excluding carboxylic acids is 3. The molecule has 0 aliphatic rings. The number of nitrogens with two attached hydrogens (primary N) is 1. The predicted molar refractivity (Wildman–Crippen MR) is 98.3 cm³/mol. The van der Waals surface area contributed by atoms with E-state index in [4.69, 9.17) is 10.5 Å². The van der Waals surface area contributed by atoms with Crippen LogP contribution in [0.5, 0.6) is 5.75 Å². The molecule has 6 nitrogen and oxygen atoms in total. The van der Waals surface area contributed by atoms with Gasteiger partial charge in [-0.05, 0) is 30.2 Å². The summed E-state index contributed by atoms with van der Waals surface area (Å²) >= 11 is 0. The Morgan fingerprint density at radius 1 is 1.12 bits per heavy atom. The van der Waals surface area contributed by atoms with E-state index < -0.39 is 23.8 Å². The third-order valence-corrected chi connectivity index (χ3v) is 3.49. The van der Waals surface area contributed by atoms with E-state index in [1.807, 2.05) is 36.4 Å². The maximum absolute atomic E-state index is 12.3. The zero-order chi connectivity index (χ0) is 18.9. The number of carbonyl (C=O) groups is 3. The second-order valence-electron chi connectivity index (χ2n) is 5.60. The second kappa shape index (κ2) is 9.17. The molecular weight excluding hydrogens is 332 g/mol. The van der Waals surface area contributed by atoms with Crippen molar-refractivity contribution in [2.75, 3.05) is 0 Å². The van der Waals surface area contributed by atoms with Crippen LogP contribution in [0.1, 0.15) is 29.3 Å². The predicted octanol–water partition coefficient (Wildman–Crippen LogP) is 2.30. The smallest absolute Gasteiger partial charge is 0.308 e. The van der Waals surface area contributed by atoms with Crippen molar-refractivity contribution >= 4 is 23.9 Å². The number of hydrogen-bond acceptors (Lipinski definition) is 4. The number of rotatable bonds is 7. The van der Waals surface area contributed by atoms with Crippen molar-refractivity contribution in [1.29, 1.82) is 0 Å². The number of ether oxygens (including phenoxy) is 1. The molecule has 0 heterocycles. The van der Waals surface area contributed by atoms with Crippen LogP contribution in [-0.4, -0.2) is 23.8 Å². The Kier molecular flexibility index (Phi) is 6.68. The van der Waals surface area contributed by atoms with Crippen molar-refractivity contribution in [3.8, 4) is 5.75 Å². The van der Waals surface area contributed by atoms with Crippen molar-refractivity contribution in [2.24, 2.45) is 5.73 Å². The molecule has 2 rings (SSSR count). The molecule has 0 unspecified atom stereocenters. The molecule has 0 fully saturated rings. The molecular formula is C20H20N2O4. The highest BCUT2D eigenvalue weighted by atomic mass is 16.5. The monoisotopic (exact) mass is 352 g/mol. The van der Waals surface area contributed by atoms with E-state index in [0.717, 1.165) is 5.56 Å². The number of primary amides is 1. The first-order chi connectivity index (χ1) is 12.5. The molecule has 2 aromatic rings. The van der Waals surface area contributed by atoms with Crippen LogP contribution in [0.15, 0.2) is 60.7 Å². The topological polar surface area (TPSA) is 98.5 Å². The summed E-state index contributed by atoms with van der Waals surface area (Å²) in [5.41, 5.74) is 6.63. The molecule has 134 valence electrons. The highest BCUT2D eigenvalue weighted by Gasteiger charge is 2.18. The van der Waals surface area contributed by atoms with Gasteiger partial charge in [-0.15, -0.1) is 0 Å². The number of hydrogen-bond donors (Lipinski definition) is 2. The summed E-state index contributed by atoms with van der Waals surface area (Å²) in [6.07, 6.45) is 3.89. The van der Waals surface area contributed by atoms with Crippen molar-refractivity contribution in [3.05, 3.63) is 71.8 Å². The van der Waals surface area contributed by atoms with Gasteiger partial charge in [0.15, 0.2) is 0 Å². The molecule has 0 aliphatic heterocycles. The minimum Gasteiger partial charge on any atom is -0.427 e. The Hall–Kier alpha value is -3.41. The lowest BCUT2D eigenvalue weighted by molar-refractivity contribution is -0.131. The van der Waals surface area contributed by atoms with Gasteiger partial charge in [-0.25, -0.2) is 0 Å². The molecule has 0 spiro atoms. The van der Waals surface area contributed by atoms with Gasteiger partial charge in [0, 0.05) is 12.5 Å². The van der Waals surface area contributed by atoms with Crippen LogP contribution < -0.4 is 15.8 Å². The standard InChI is InChI=1S/C20H20N2O4/c1-14(23)26-17-11-6-10-16(13-17)20(25)22-18(19(21)24)12-5-9-15-7-3-2-4-8-15/h2-11,13,18H,12H2,1H3,(H2,21,24)(H,22,25)/b9-5+/t18-/m1/s1. The SMILES string of the molecule is CC(=O)Oc1cccc(C(=O)N[C@H](C/C=C/c2ccccc2)C(N)=O)c1. The Labute approximate surface area is 151 Å². The van der Waals surface area contributed by atoms with E-state index in [-0.39, 0.29) is 17.7 Å². The van der Waals surface area contributed by atoms with Gasteiger partial charge in [0.2, 0.25) is 5.91 Å². The molecule has 0 aromatic heterocycles. The zero-order valence-electron chi connectivity index (χ0n) is 14.3. The van der Waals surface area contributed by atoms with E-state index in [1.54, 1.807) is 24.3 Å². The molecule has 0 bridgehead atoms. The number of benzene rings is 2. The van der Waals surface area contributed by atoms with Crippen LogP contribution in [0.2, 0.25) is 0 Å². The minimum atomic E-state index is -0.847. The van der Waals surface area contributed by atoms with Crippen molar-refractivity contribution < 1.29 is 19.1 Å². The van der Waals surface area contributed by atoms with Crippen LogP contribution in [0.25, 0.3) is 6.08 Å². The van der Waals surface area contributed by atoms with Gasteiger partial charge in [0.25, 0.3) is 5.91 Å². The maximum Gasteiger partial charge on any atom is 0.308 e. The number of esters is 1. The average molecular weight is 352 g/mol. The molecule has 0 saturated heterocycles. The average Bonchev–Trinajstić information content (AvgIpc) is 2.61. The van der Waals surface area contributed by atoms with Crippen LogP contribution >= 0.6 is 0 Å². The number of nitrogens with one attached hydrogen (secondary N) is 1. The third-order valence-electron chi connectivity index (χ3n) is 3.49. The first-order valence-corrected chi connectivity index (χ1v) is 8.06. The molecule has 2 aromatic carbocycles. The first-order valence-electron chi connectivity index (χ1n) is 8.06. The fraction of sp³-hybridized carbons (Fsp3) is 0.150. The molecule has 1 atom stereocenters. The quantitative estimate of drug-likeness (QED) is 0.590. The molecule has 3 N–H and O–H groups in total. The van der Waals surface area contributed by atoms with Gasteiger partial charge >= 0.3 is 5.97 Å². The third kappa shape index (κ3) is 5.90. The van der Waals surface area contributed by atoms with E-state index in [1.165, 1.54) is 13.0 Å². The molecule has 6 heteroatoms. The Bertz CT molecular complexity index is 816. The van der Waals surface area contributed by atoms with Crippen molar-refractivity contribution in [1.82, 2.24) is 5.32 Å². The van der Waals surface area contributed by atoms with Gasteiger partial charge in [-0.1, -0.05) is 48.6 Å². The maximum atomic E-state index is 12.3. The lowest BCUT2D eigenvalue weighted by atomic mass is 10.1. The van der Waals surface area contributed by atoms with Gasteiger partial charge in [0.1, 0.15) is 11.8 Å². The lowest BCUT2D eigenvalue weighted by Gasteiger charge is -2.14. The summed E-state index contributed by atoms with van der Waals surface area (Å²) in [6, 6.07) is 14.9. The molecule has 2 amide bonds. The summed E-state index contributed by atoms with van der Waals surface area (Å²) in [4.78, 5) is 35.0. The van der Waals surface area contributed by atoms with Crippen molar-refractivity contribution in [3.63, 3.8) is 0 Å². The first kappa shape index (κ1) is 18.9. The summed E-state index contributed by atoms with van der Waals surface area (Å²) in [5.74, 6) is -1.34. The summed E-state index contributed by atoms with van der Waals surface area (Å²) in [7, 11) is 0. The molecule has 26 heavy (non-hydrogen) atoms. The highest BCUT2D eigenvalue weighted by molar-refractivity contribution is 5.97. The lowest BCUT2D eigenvalue weighted by Crippen LogP contribution is -2.44. The normalized spacial score (nSPS) is 11.7. The number of amides is 2. The van der Waals surface area contributed by atoms with E-state index in [0.29, 0.717) is 0 Å². The van der Waals surface area contributed by atoms with Gasteiger partial charge in [-0.3, -0.25) is 14.4 Å². The molecule has 0 saturated carbocycles. The summed E-state index contributed by atoms with van der Waals surface area (Å²) in [6.45, 7) is 1.27. The molecule has 0 aliphatic carbocycles. The van der Waals surface area contributed by atoms with Gasteiger partial charge < -0.3 is 15.8 Å². The molecule has 0 radical (unpaired) electrons. The van der Waals surface area contributed by atoms with Crippen molar-refractivity contribution in [2.45, 2.75) is 19.4 Å². The van der Waals surface area contributed by atoms with E-state index in [9.17, 15) is 14.4 Å². The Morgan fingerprint density at radius 2 is 1.85 bits per heavy atom. The van der Waals surface area contributed by atoms with Crippen LogP contribution in [0.3, 0.4) is 0 Å². The van der Waals surface area contributed by atoms with E-state index >= 15 is 0 Å². The fourth-order valence-electron chi connectivity index (χ4n) is 2.26. The summed E-state index contributed by atoms with van der Waals surface area (Å²) < 4.78 is 4.95. The fourth-order valence-corrected chi connectivity index (χ4v) is 2.26. The Balaban J connectivity index is 2.02. The largest absolute Gasteiger partial charge is 0.427 e. The van der Waals surface area contributed by atoms with E-state index in [2.05, 4.69) is 5.32 Å². The Morgan fingerprint density at radius 3 is 2.50 bits per heavy atom. The highest BCUT2D eigenvalue weighted by Crippen LogP contribution is 2.14. The van der Waals surface area contributed by atoms with Crippen LogP contribution in [0, 0.1) is 0 Å². The van der Waals surface area contributed by atoms with Gasteiger partial charge in [-0.2, -0.15) is 0 Å². The van der Waals surface area contributed by atoms with Crippen LogP contribution in [0.4, 0.5) is 0 Å². The summed E-state index contributed by atoms with van der Waals surface area (Å²) in [5, 5.41) is 2.59. The zero-order valence-corrected chi connectivity index (χ0v) is 14.3. The minimum absolute atomic E-state index is 0.254. The van der Waals surface area contributed by atoms with Crippen LogP contribution in [-0.2, 0) is 9.59 Å². The second-order valence-corrected chi connectivity index (χ2v) is 5.60. The van der Waals surface area contributed by atoms with Gasteiger partial charge in [0.05, 0.1) is 0 Å².